The molecule has 5 aromatic rings. The third-order valence-electron chi connectivity index (χ3n) is 5.81. The minimum absolute atomic E-state index is 0.0269. The van der Waals surface area contributed by atoms with E-state index in [9.17, 15) is 4.79 Å². The molecule has 0 radical (unpaired) electrons. The van der Waals surface area contributed by atoms with E-state index < -0.39 is 0 Å². The smallest absolute Gasteiger partial charge is 0.262 e. The molecular formula is C25H17N3O. The summed E-state index contributed by atoms with van der Waals surface area (Å²) >= 11 is 0. The van der Waals surface area contributed by atoms with Crippen LogP contribution in [-0.2, 0) is 0 Å². The first-order valence-electron chi connectivity index (χ1n) is 9.69. The summed E-state index contributed by atoms with van der Waals surface area (Å²) < 4.78 is 1.82. The highest BCUT2D eigenvalue weighted by molar-refractivity contribution is 5.86. The molecule has 0 bridgehead atoms. The van der Waals surface area contributed by atoms with Crippen LogP contribution in [0.2, 0.25) is 0 Å². The van der Waals surface area contributed by atoms with Crippen molar-refractivity contribution >= 4 is 21.8 Å². The monoisotopic (exact) mass is 375 g/mol. The topological polar surface area (TPSA) is 47.8 Å². The molecule has 0 saturated heterocycles. The predicted octanol–water partition coefficient (Wildman–Crippen LogP) is 4.87. The van der Waals surface area contributed by atoms with Crippen LogP contribution < -0.4 is 5.56 Å². The number of aryl methyl sites for hydroxylation is 1. The van der Waals surface area contributed by atoms with Crippen molar-refractivity contribution in [2.24, 2.45) is 0 Å². The first-order chi connectivity index (χ1) is 14.2. The standard InChI is InChI=1S/C25H17N3O/c1-15-8-2-4-10-17(15)23-19-14-16-9-3-6-12-20(16)26-22(19)24-27-21-13-7-5-11-18(21)25(29)28(23)24/h2-14,23H,1H3. The third-order valence-corrected chi connectivity index (χ3v) is 5.81. The molecule has 6 rings (SSSR count). The Morgan fingerprint density at radius 2 is 1.52 bits per heavy atom. The van der Waals surface area contributed by atoms with Crippen molar-refractivity contribution in [3.05, 3.63) is 106 Å². The first-order valence-corrected chi connectivity index (χ1v) is 9.69. The lowest BCUT2D eigenvalue weighted by Crippen LogP contribution is -2.25. The van der Waals surface area contributed by atoms with Gasteiger partial charge in [0.15, 0.2) is 5.82 Å². The number of benzene rings is 3. The van der Waals surface area contributed by atoms with Gasteiger partial charge in [0.1, 0.15) is 5.69 Å². The van der Waals surface area contributed by atoms with Crippen molar-refractivity contribution in [2.45, 2.75) is 13.0 Å². The van der Waals surface area contributed by atoms with Gasteiger partial charge in [-0.05, 0) is 42.3 Å². The van der Waals surface area contributed by atoms with Crippen LogP contribution in [0.15, 0.2) is 83.7 Å². The highest BCUT2D eigenvalue weighted by Gasteiger charge is 2.34. The summed E-state index contributed by atoms with van der Waals surface area (Å²) in [6.45, 7) is 2.08. The number of aromatic nitrogens is 3. The number of fused-ring (bicyclic) bond motifs is 5. The van der Waals surface area contributed by atoms with Gasteiger partial charge >= 0.3 is 0 Å². The molecule has 138 valence electrons. The molecule has 3 aromatic carbocycles. The van der Waals surface area contributed by atoms with E-state index in [1.807, 2.05) is 59.2 Å². The van der Waals surface area contributed by atoms with Gasteiger partial charge < -0.3 is 0 Å². The third kappa shape index (κ3) is 2.23. The second kappa shape index (κ2) is 5.85. The Balaban J connectivity index is 1.79. The molecule has 1 aliphatic heterocycles. The molecule has 4 heteroatoms. The summed E-state index contributed by atoms with van der Waals surface area (Å²) in [5, 5.41) is 1.70. The van der Waals surface area contributed by atoms with Crippen molar-refractivity contribution in [3.63, 3.8) is 0 Å². The average molecular weight is 375 g/mol. The molecule has 1 unspecified atom stereocenters. The summed E-state index contributed by atoms with van der Waals surface area (Å²) in [4.78, 5) is 23.4. The zero-order chi connectivity index (χ0) is 19.5. The van der Waals surface area contributed by atoms with Crippen LogP contribution >= 0.6 is 0 Å². The zero-order valence-corrected chi connectivity index (χ0v) is 15.8. The van der Waals surface area contributed by atoms with Gasteiger partial charge in [-0.2, -0.15) is 0 Å². The Morgan fingerprint density at radius 1 is 0.793 bits per heavy atom. The second-order valence-corrected chi connectivity index (χ2v) is 7.51. The second-order valence-electron chi connectivity index (χ2n) is 7.51. The molecule has 0 aliphatic carbocycles. The van der Waals surface area contributed by atoms with E-state index in [4.69, 9.17) is 9.97 Å². The Labute approximate surface area is 167 Å². The largest absolute Gasteiger partial charge is 0.279 e. The average Bonchev–Trinajstić information content (AvgIpc) is 3.06. The minimum atomic E-state index is -0.233. The van der Waals surface area contributed by atoms with Crippen molar-refractivity contribution in [3.8, 4) is 11.5 Å². The van der Waals surface area contributed by atoms with Crippen LogP contribution in [0.1, 0.15) is 22.7 Å². The maximum atomic E-state index is 13.6. The number of nitrogens with zero attached hydrogens (tertiary/aromatic N) is 3. The summed E-state index contributed by atoms with van der Waals surface area (Å²) in [5.74, 6) is 0.641. The van der Waals surface area contributed by atoms with Gasteiger partial charge in [-0.3, -0.25) is 9.36 Å². The van der Waals surface area contributed by atoms with E-state index in [1.54, 1.807) is 0 Å². The Hall–Kier alpha value is -3.79. The fourth-order valence-electron chi connectivity index (χ4n) is 4.41. The lowest BCUT2D eigenvalue weighted by Gasteiger charge is -2.18. The highest BCUT2D eigenvalue weighted by Crippen LogP contribution is 2.42. The van der Waals surface area contributed by atoms with E-state index in [2.05, 4.69) is 31.2 Å². The van der Waals surface area contributed by atoms with Crippen LogP contribution in [0.3, 0.4) is 0 Å². The summed E-state index contributed by atoms with van der Waals surface area (Å²) in [5.41, 5.74) is 5.65. The summed E-state index contributed by atoms with van der Waals surface area (Å²) in [6.07, 6.45) is 0. The number of pyridine rings is 1. The molecule has 0 spiro atoms. The fourth-order valence-corrected chi connectivity index (χ4v) is 4.41. The van der Waals surface area contributed by atoms with Gasteiger partial charge in [-0.1, -0.05) is 54.6 Å². The number of rotatable bonds is 1. The Kier molecular flexibility index (Phi) is 3.27. The van der Waals surface area contributed by atoms with Crippen molar-refractivity contribution in [1.29, 1.82) is 0 Å². The van der Waals surface area contributed by atoms with Crippen LogP contribution in [0.5, 0.6) is 0 Å². The lowest BCUT2D eigenvalue weighted by molar-refractivity contribution is 0.680. The van der Waals surface area contributed by atoms with Gasteiger partial charge in [0.05, 0.1) is 22.5 Å². The zero-order valence-electron chi connectivity index (χ0n) is 15.8. The van der Waals surface area contributed by atoms with Crippen LogP contribution in [-0.4, -0.2) is 14.5 Å². The van der Waals surface area contributed by atoms with E-state index in [0.717, 1.165) is 33.3 Å². The summed E-state index contributed by atoms with van der Waals surface area (Å²) in [7, 11) is 0. The van der Waals surface area contributed by atoms with Gasteiger partial charge in [-0.25, -0.2) is 9.97 Å². The van der Waals surface area contributed by atoms with Gasteiger partial charge in [0, 0.05) is 10.9 Å². The molecular weight excluding hydrogens is 358 g/mol. The molecule has 0 amide bonds. The predicted molar refractivity (Wildman–Crippen MR) is 115 cm³/mol. The SMILES string of the molecule is Cc1ccccc1C1c2cc3ccccc3nc2-c2nc3ccccc3c(=O)n21. The molecule has 0 N–H and O–H groups in total. The van der Waals surface area contributed by atoms with E-state index in [0.29, 0.717) is 16.7 Å². The molecule has 2 aromatic heterocycles. The first kappa shape index (κ1) is 16.2. The quantitative estimate of drug-likeness (QED) is 0.412. The van der Waals surface area contributed by atoms with E-state index >= 15 is 0 Å². The maximum Gasteiger partial charge on any atom is 0.262 e. The van der Waals surface area contributed by atoms with Gasteiger partial charge in [0.25, 0.3) is 5.56 Å². The van der Waals surface area contributed by atoms with E-state index in [-0.39, 0.29) is 11.6 Å². The maximum absolute atomic E-state index is 13.6. The van der Waals surface area contributed by atoms with Crippen molar-refractivity contribution < 1.29 is 0 Å². The van der Waals surface area contributed by atoms with Crippen molar-refractivity contribution in [1.82, 2.24) is 14.5 Å². The van der Waals surface area contributed by atoms with Gasteiger partial charge in [0.2, 0.25) is 0 Å². The van der Waals surface area contributed by atoms with Crippen LogP contribution in [0.4, 0.5) is 0 Å². The number of hydrogen-bond donors (Lipinski definition) is 0. The molecule has 3 heterocycles. The molecule has 29 heavy (non-hydrogen) atoms. The molecule has 0 saturated carbocycles. The summed E-state index contributed by atoms with van der Waals surface area (Å²) in [6, 6.07) is 25.7. The lowest BCUT2D eigenvalue weighted by atomic mass is 9.95. The Morgan fingerprint density at radius 3 is 2.38 bits per heavy atom. The Bertz CT molecular complexity index is 1500. The van der Waals surface area contributed by atoms with Crippen LogP contribution in [0, 0.1) is 6.92 Å². The fraction of sp³-hybridized carbons (Fsp3) is 0.0800. The number of para-hydroxylation sites is 2. The van der Waals surface area contributed by atoms with Crippen LogP contribution in [0.25, 0.3) is 33.3 Å². The van der Waals surface area contributed by atoms with Crippen molar-refractivity contribution in [2.75, 3.05) is 0 Å². The van der Waals surface area contributed by atoms with Gasteiger partial charge in [-0.15, -0.1) is 0 Å². The molecule has 1 atom stereocenters. The molecule has 4 nitrogen and oxygen atoms in total. The number of hydrogen-bond acceptors (Lipinski definition) is 3. The normalized spacial score (nSPS) is 14.9. The highest BCUT2D eigenvalue weighted by atomic mass is 16.1. The molecule has 0 fully saturated rings. The minimum Gasteiger partial charge on any atom is -0.279 e. The molecule has 1 aliphatic rings. The van der Waals surface area contributed by atoms with E-state index in [1.165, 1.54) is 0 Å².